The van der Waals surface area contributed by atoms with Gasteiger partial charge in [0, 0.05) is 6.07 Å². The monoisotopic (exact) mass is 464 g/mol. The van der Waals surface area contributed by atoms with Crippen LogP contribution >= 0.6 is 0 Å². The summed E-state index contributed by atoms with van der Waals surface area (Å²) in [5.74, 6) is -5.92. The smallest absolute Gasteiger partial charge is 0.450 e. The second-order valence-electron chi connectivity index (χ2n) is 6.55. The Morgan fingerprint density at radius 3 is 2.16 bits per heavy atom. The van der Waals surface area contributed by atoms with Crippen molar-refractivity contribution in [3.63, 3.8) is 0 Å². The van der Waals surface area contributed by atoms with Crippen LogP contribution in [0.4, 0.5) is 43.4 Å². The second-order valence-corrected chi connectivity index (χ2v) is 8.20. The van der Waals surface area contributed by atoms with Gasteiger partial charge in [-0.1, -0.05) is 6.07 Å². The van der Waals surface area contributed by atoms with Gasteiger partial charge < -0.3 is 9.73 Å². The molecule has 3 rings (SSSR count). The molecule has 3 aromatic rings. The summed E-state index contributed by atoms with van der Waals surface area (Å²) in [6.07, 6.45) is -5.13. The lowest BCUT2D eigenvalue weighted by Crippen LogP contribution is -2.18. The van der Waals surface area contributed by atoms with E-state index in [2.05, 4.69) is 9.73 Å². The number of aryl methyl sites for hydroxylation is 2. The molecule has 0 bridgehead atoms. The van der Waals surface area contributed by atoms with Crippen LogP contribution in [0.1, 0.15) is 17.1 Å². The lowest BCUT2D eigenvalue weighted by molar-refractivity contribution is -0.155. The van der Waals surface area contributed by atoms with Gasteiger partial charge in [0.15, 0.2) is 11.6 Å². The molecule has 0 aliphatic rings. The fraction of sp³-hybridized carbons (Fsp3) is 0.158. The summed E-state index contributed by atoms with van der Waals surface area (Å²) in [4.78, 5) is -1.24. The molecule has 0 saturated heterocycles. The second kappa shape index (κ2) is 7.84. The van der Waals surface area contributed by atoms with Crippen LogP contribution in [-0.2, 0) is 16.2 Å². The van der Waals surface area contributed by atoms with Crippen molar-refractivity contribution in [2.24, 2.45) is 0 Å². The SMILES string of the molecule is Cc1ccc(Nc2c(NS(=O)(=O)c3cc(C)oc3C(F)(F)F)ccc(F)c2F)c(F)c1. The standard InChI is InChI=1S/C19H14F6N2O3S/c1-9-3-5-13(12(21)7-9)26-17-14(6-4-11(20)16(17)22)27-31(28,29)15-8-10(2)30-18(15)19(23,24)25/h3-8,26-27H,1-2H3. The molecule has 1 aromatic heterocycles. The number of nitrogens with one attached hydrogen (secondary N) is 2. The molecule has 0 atom stereocenters. The Balaban J connectivity index is 2.07. The van der Waals surface area contributed by atoms with Crippen LogP contribution in [0, 0.1) is 31.3 Å². The molecule has 0 aliphatic carbocycles. The summed E-state index contributed by atoms with van der Waals surface area (Å²) in [5, 5.41) is 2.24. The fourth-order valence-electron chi connectivity index (χ4n) is 2.70. The highest BCUT2D eigenvalue weighted by atomic mass is 32.2. The average Bonchev–Trinajstić information content (AvgIpc) is 3.06. The number of furan rings is 1. The van der Waals surface area contributed by atoms with Crippen molar-refractivity contribution in [3.8, 4) is 0 Å². The third-order valence-electron chi connectivity index (χ3n) is 4.09. The molecule has 0 unspecified atom stereocenters. The van der Waals surface area contributed by atoms with Gasteiger partial charge in [-0.2, -0.15) is 13.2 Å². The minimum atomic E-state index is -5.13. The first-order valence-corrected chi connectivity index (χ1v) is 9.99. The fourth-order valence-corrected chi connectivity index (χ4v) is 3.99. The summed E-state index contributed by atoms with van der Waals surface area (Å²) < 4.78 is 113. The maximum atomic E-state index is 14.4. The Morgan fingerprint density at radius 1 is 0.903 bits per heavy atom. The van der Waals surface area contributed by atoms with Crippen LogP contribution in [0.25, 0.3) is 0 Å². The Kier molecular flexibility index (Phi) is 5.70. The maximum Gasteiger partial charge on any atom is 0.450 e. The van der Waals surface area contributed by atoms with E-state index < -0.39 is 55.7 Å². The molecule has 0 saturated carbocycles. The Hall–Kier alpha value is -3.15. The minimum absolute atomic E-state index is 0.314. The van der Waals surface area contributed by atoms with Gasteiger partial charge in [0.25, 0.3) is 10.0 Å². The van der Waals surface area contributed by atoms with E-state index in [1.807, 2.05) is 0 Å². The van der Waals surface area contributed by atoms with E-state index in [1.54, 1.807) is 11.6 Å². The number of sulfonamides is 1. The third kappa shape index (κ3) is 4.63. The van der Waals surface area contributed by atoms with Gasteiger partial charge in [0.1, 0.15) is 22.2 Å². The quantitative estimate of drug-likeness (QED) is 0.463. The molecule has 12 heteroatoms. The Morgan fingerprint density at radius 2 is 1.55 bits per heavy atom. The van der Waals surface area contributed by atoms with E-state index in [4.69, 9.17) is 0 Å². The zero-order chi connectivity index (χ0) is 23.1. The van der Waals surface area contributed by atoms with E-state index in [9.17, 15) is 34.8 Å². The molecular formula is C19H14F6N2O3S. The van der Waals surface area contributed by atoms with Crippen molar-refractivity contribution in [2.75, 3.05) is 10.0 Å². The normalized spacial score (nSPS) is 12.1. The minimum Gasteiger partial charge on any atom is -0.455 e. The lowest BCUT2D eigenvalue weighted by Gasteiger charge is -2.16. The van der Waals surface area contributed by atoms with Crippen molar-refractivity contribution in [1.29, 1.82) is 0 Å². The highest BCUT2D eigenvalue weighted by Crippen LogP contribution is 2.38. The molecule has 166 valence electrons. The van der Waals surface area contributed by atoms with Gasteiger partial charge in [-0.25, -0.2) is 21.6 Å². The lowest BCUT2D eigenvalue weighted by atomic mass is 10.2. The first-order chi connectivity index (χ1) is 14.3. The molecule has 1 heterocycles. The number of rotatable bonds is 5. The molecule has 2 aromatic carbocycles. The molecule has 0 radical (unpaired) electrons. The first-order valence-electron chi connectivity index (χ1n) is 8.51. The van der Waals surface area contributed by atoms with Crippen LogP contribution in [0.5, 0.6) is 0 Å². The van der Waals surface area contributed by atoms with Crippen molar-refractivity contribution >= 4 is 27.1 Å². The number of benzene rings is 2. The molecule has 2 N–H and O–H groups in total. The van der Waals surface area contributed by atoms with Crippen molar-refractivity contribution < 1.29 is 39.2 Å². The van der Waals surface area contributed by atoms with E-state index in [-0.39, 0.29) is 11.4 Å². The van der Waals surface area contributed by atoms with E-state index in [0.717, 1.165) is 19.1 Å². The average molecular weight is 464 g/mol. The van der Waals surface area contributed by atoms with Crippen LogP contribution < -0.4 is 10.0 Å². The summed E-state index contributed by atoms with van der Waals surface area (Å²) >= 11 is 0. The zero-order valence-corrected chi connectivity index (χ0v) is 16.7. The molecule has 0 fully saturated rings. The summed E-state index contributed by atoms with van der Waals surface area (Å²) in [5.41, 5.74) is -1.25. The molecule has 0 aliphatic heterocycles. The largest absolute Gasteiger partial charge is 0.455 e. The first kappa shape index (κ1) is 22.5. The number of alkyl halides is 3. The highest BCUT2D eigenvalue weighted by molar-refractivity contribution is 7.92. The van der Waals surface area contributed by atoms with Gasteiger partial charge in [0.2, 0.25) is 5.76 Å². The van der Waals surface area contributed by atoms with Crippen LogP contribution in [0.3, 0.4) is 0 Å². The third-order valence-corrected chi connectivity index (χ3v) is 5.46. The highest BCUT2D eigenvalue weighted by Gasteiger charge is 2.42. The predicted molar refractivity (Wildman–Crippen MR) is 100 cm³/mol. The molecule has 0 spiro atoms. The zero-order valence-electron chi connectivity index (χ0n) is 15.9. The number of hydrogen-bond donors (Lipinski definition) is 2. The number of anilines is 3. The van der Waals surface area contributed by atoms with E-state index in [1.165, 1.54) is 12.1 Å². The Bertz CT molecular complexity index is 1250. The number of halogens is 6. The summed E-state index contributed by atoms with van der Waals surface area (Å²) in [6, 6.07) is 5.73. The summed E-state index contributed by atoms with van der Waals surface area (Å²) in [6.45, 7) is 2.69. The van der Waals surface area contributed by atoms with Crippen molar-refractivity contribution in [1.82, 2.24) is 0 Å². The summed E-state index contributed by atoms with van der Waals surface area (Å²) in [7, 11) is -4.95. The van der Waals surface area contributed by atoms with Crippen LogP contribution in [0.2, 0.25) is 0 Å². The number of hydrogen-bond acceptors (Lipinski definition) is 4. The van der Waals surface area contributed by atoms with E-state index >= 15 is 0 Å². The Labute approximate surface area is 172 Å². The van der Waals surface area contributed by atoms with E-state index in [0.29, 0.717) is 17.7 Å². The van der Waals surface area contributed by atoms with Gasteiger partial charge in [-0.3, -0.25) is 4.72 Å². The molecule has 31 heavy (non-hydrogen) atoms. The molecule has 0 amide bonds. The van der Waals surface area contributed by atoms with Crippen LogP contribution in [-0.4, -0.2) is 8.42 Å². The van der Waals surface area contributed by atoms with Gasteiger partial charge in [-0.05, 0) is 43.7 Å². The molecular weight excluding hydrogens is 450 g/mol. The van der Waals surface area contributed by atoms with Crippen molar-refractivity contribution in [3.05, 3.63) is 70.9 Å². The molecule has 5 nitrogen and oxygen atoms in total. The van der Waals surface area contributed by atoms with Crippen LogP contribution in [0.15, 0.2) is 45.7 Å². The predicted octanol–water partition coefficient (Wildman–Crippen LogP) is 5.88. The van der Waals surface area contributed by atoms with Gasteiger partial charge >= 0.3 is 6.18 Å². The maximum absolute atomic E-state index is 14.4. The van der Waals surface area contributed by atoms with Crippen molar-refractivity contribution in [2.45, 2.75) is 24.9 Å². The topological polar surface area (TPSA) is 71.3 Å². The van der Waals surface area contributed by atoms with Gasteiger partial charge in [0.05, 0.1) is 11.4 Å². The van der Waals surface area contributed by atoms with Gasteiger partial charge in [-0.15, -0.1) is 0 Å².